The monoisotopic (exact) mass is 668 g/mol. The Labute approximate surface area is 281 Å². The molecule has 2 fully saturated rings. The topological polar surface area (TPSA) is 163 Å². The van der Waals surface area contributed by atoms with Crippen molar-refractivity contribution >= 4 is 35.3 Å². The molecule has 1 aliphatic heterocycles. The number of carbonyl (C=O) groups excluding carboxylic acids is 4. The van der Waals surface area contributed by atoms with Crippen LogP contribution in [0, 0.1) is 23.6 Å². The molecule has 2 heterocycles. The van der Waals surface area contributed by atoms with E-state index in [9.17, 15) is 24.0 Å². The fraction of sp³-hybridized carbons (Fsp3) is 0.600. The van der Waals surface area contributed by atoms with Gasteiger partial charge in [-0.15, -0.1) is 0 Å². The first-order chi connectivity index (χ1) is 22.9. The van der Waals surface area contributed by atoms with Gasteiger partial charge >= 0.3 is 5.97 Å². The first kappa shape index (κ1) is 36.5. The van der Waals surface area contributed by atoms with Gasteiger partial charge in [0.25, 0.3) is 5.91 Å². The van der Waals surface area contributed by atoms with Crippen LogP contribution < -0.4 is 16.0 Å². The van der Waals surface area contributed by atoms with E-state index in [1.807, 2.05) is 6.92 Å². The molecule has 1 aromatic carbocycles. The van der Waals surface area contributed by atoms with Crippen LogP contribution in [0.4, 0.5) is 10.1 Å². The van der Waals surface area contributed by atoms with Gasteiger partial charge in [0.05, 0.1) is 5.69 Å². The molecule has 2 aromatic rings. The highest BCUT2D eigenvalue weighted by molar-refractivity contribution is 6.00. The minimum absolute atomic E-state index is 0.0149. The number of carboxylic acids is 1. The molecule has 4 rings (SSSR count). The van der Waals surface area contributed by atoms with Crippen molar-refractivity contribution in [2.75, 3.05) is 18.4 Å². The Bertz CT molecular complexity index is 1460. The zero-order valence-corrected chi connectivity index (χ0v) is 28.3. The van der Waals surface area contributed by atoms with Gasteiger partial charge in [0.15, 0.2) is 0 Å². The molecule has 0 bridgehead atoms. The molecule has 3 atom stereocenters. The molecule has 0 spiro atoms. The molecule has 1 aromatic heterocycles. The molecule has 4 N–H and O–H groups in total. The van der Waals surface area contributed by atoms with Gasteiger partial charge in [-0.25, -0.2) is 4.39 Å². The first-order valence-corrected chi connectivity index (χ1v) is 17.1. The molecule has 0 unspecified atom stereocenters. The summed E-state index contributed by atoms with van der Waals surface area (Å²) < 4.78 is 17.2. The van der Waals surface area contributed by atoms with E-state index in [-0.39, 0.29) is 42.2 Å². The number of hydrogen-bond acceptors (Lipinski definition) is 6. The van der Waals surface area contributed by atoms with Crippen molar-refractivity contribution in [1.29, 1.82) is 0 Å². The van der Waals surface area contributed by atoms with Gasteiger partial charge in [0, 0.05) is 44.6 Å². The second kappa shape index (κ2) is 16.7. The van der Waals surface area contributed by atoms with Gasteiger partial charge in [-0.3, -0.25) is 28.7 Å². The molecule has 262 valence electrons. The van der Waals surface area contributed by atoms with Gasteiger partial charge in [-0.05, 0) is 74.1 Å². The number of anilines is 1. The zero-order chi connectivity index (χ0) is 35.0. The molecular weight excluding hydrogens is 619 g/mol. The Morgan fingerprint density at radius 2 is 1.69 bits per heavy atom. The number of amides is 4. The summed E-state index contributed by atoms with van der Waals surface area (Å²) >= 11 is 0. The molecule has 48 heavy (non-hydrogen) atoms. The summed E-state index contributed by atoms with van der Waals surface area (Å²) in [7, 11) is 0. The average molecular weight is 669 g/mol. The highest BCUT2D eigenvalue weighted by atomic mass is 19.1. The summed E-state index contributed by atoms with van der Waals surface area (Å²) in [5.74, 6) is -3.35. The fourth-order valence-corrected chi connectivity index (χ4v) is 6.81. The largest absolute Gasteiger partial charge is 0.481 e. The van der Waals surface area contributed by atoms with Crippen LogP contribution in [-0.4, -0.2) is 74.6 Å². The van der Waals surface area contributed by atoms with Gasteiger partial charge in [0.2, 0.25) is 17.7 Å². The summed E-state index contributed by atoms with van der Waals surface area (Å²) in [5, 5.41) is 21.7. The number of aliphatic carboxylic acids is 1. The molecule has 12 nitrogen and oxygen atoms in total. The van der Waals surface area contributed by atoms with Crippen LogP contribution in [-0.2, 0) is 25.7 Å². The number of rotatable bonds is 13. The van der Waals surface area contributed by atoms with Crippen molar-refractivity contribution < 1.29 is 33.5 Å². The van der Waals surface area contributed by atoms with Crippen molar-refractivity contribution in [3.05, 3.63) is 47.5 Å². The minimum atomic E-state index is -0.960. The molecule has 13 heteroatoms. The quantitative estimate of drug-likeness (QED) is 0.247. The minimum Gasteiger partial charge on any atom is -0.481 e. The van der Waals surface area contributed by atoms with Crippen molar-refractivity contribution in [3.8, 4) is 0 Å². The van der Waals surface area contributed by atoms with Gasteiger partial charge in [0.1, 0.15) is 23.6 Å². The van der Waals surface area contributed by atoms with Crippen LogP contribution in [0.3, 0.4) is 0 Å². The van der Waals surface area contributed by atoms with Gasteiger partial charge < -0.3 is 26.0 Å². The van der Waals surface area contributed by atoms with Crippen LogP contribution in [0.25, 0.3) is 0 Å². The van der Waals surface area contributed by atoms with Crippen LogP contribution in [0.2, 0.25) is 0 Å². The summed E-state index contributed by atoms with van der Waals surface area (Å²) in [6, 6.07) is 4.07. The summed E-state index contributed by atoms with van der Waals surface area (Å²) in [6.07, 6.45) is 6.19. The number of nitrogens with zero attached hydrogens (tertiary/aromatic N) is 3. The lowest BCUT2D eigenvalue weighted by molar-refractivity contribution is -0.140. The average Bonchev–Trinajstić information content (AvgIpc) is 3.56. The number of likely N-dealkylation sites (tertiary alicyclic amines) is 1. The lowest BCUT2D eigenvalue weighted by Gasteiger charge is -2.35. The van der Waals surface area contributed by atoms with E-state index in [1.54, 1.807) is 35.6 Å². The molecular formula is C35H49FN6O6. The highest BCUT2D eigenvalue weighted by Gasteiger charge is 2.36. The fourth-order valence-electron chi connectivity index (χ4n) is 6.81. The maximum atomic E-state index is 15.7. The van der Waals surface area contributed by atoms with Crippen LogP contribution >= 0.6 is 0 Å². The van der Waals surface area contributed by atoms with Crippen molar-refractivity contribution in [1.82, 2.24) is 25.3 Å². The number of halogens is 1. The third-order valence-electron chi connectivity index (χ3n) is 9.92. The molecule has 2 aliphatic rings. The normalized spacial score (nSPS) is 20.3. The summed E-state index contributed by atoms with van der Waals surface area (Å²) in [5.41, 5.74) is 0.742. The predicted molar refractivity (Wildman–Crippen MR) is 178 cm³/mol. The number of nitrogens with one attached hydrogen (secondary N) is 3. The van der Waals surface area contributed by atoms with E-state index in [0.717, 1.165) is 25.7 Å². The second-order valence-corrected chi connectivity index (χ2v) is 13.3. The van der Waals surface area contributed by atoms with Crippen LogP contribution in [0.1, 0.15) is 101 Å². The Balaban J connectivity index is 1.50. The van der Waals surface area contributed by atoms with E-state index in [2.05, 4.69) is 28.0 Å². The first-order valence-electron chi connectivity index (χ1n) is 17.1. The maximum Gasteiger partial charge on any atom is 0.303 e. The lowest BCUT2D eigenvalue weighted by atomic mass is 9.79. The molecule has 1 saturated carbocycles. The highest BCUT2D eigenvalue weighted by Crippen LogP contribution is 2.32. The van der Waals surface area contributed by atoms with Crippen LogP contribution in [0.5, 0.6) is 0 Å². The number of aryl methyl sites for hydroxylation is 1. The Hall–Kier alpha value is -4.29. The number of hydrogen-bond donors (Lipinski definition) is 4. The van der Waals surface area contributed by atoms with Crippen molar-refractivity contribution in [2.24, 2.45) is 17.8 Å². The zero-order valence-electron chi connectivity index (χ0n) is 28.3. The number of carbonyl (C=O) groups is 5. The SMILES string of the molecule is CCC(=O)N[C@@H](C(=O)N1CCC(CC(=O)O)CC1)[C@@H](C)c1ccc(NC(=O)[C@@H](NC(=O)c2ccnn2CC)C2CCC(C)CC2)c(F)c1. The van der Waals surface area contributed by atoms with E-state index < -0.39 is 41.6 Å². The lowest BCUT2D eigenvalue weighted by Crippen LogP contribution is -2.52. The molecule has 1 aliphatic carbocycles. The second-order valence-electron chi connectivity index (χ2n) is 13.3. The van der Waals surface area contributed by atoms with Crippen LogP contribution in [0.15, 0.2) is 30.5 Å². The number of aromatic nitrogens is 2. The third kappa shape index (κ3) is 9.19. The Kier molecular flexibility index (Phi) is 12.7. The Morgan fingerprint density at radius 3 is 2.29 bits per heavy atom. The third-order valence-corrected chi connectivity index (χ3v) is 9.92. The van der Waals surface area contributed by atoms with E-state index in [4.69, 9.17) is 5.11 Å². The van der Waals surface area contributed by atoms with Crippen molar-refractivity contribution in [2.45, 2.75) is 104 Å². The maximum absolute atomic E-state index is 15.7. The predicted octanol–water partition coefficient (Wildman–Crippen LogP) is 4.32. The molecule has 4 amide bonds. The summed E-state index contributed by atoms with van der Waals surface area (Å²) in [6.45, 7) is 8.68. The Morgan fingerprint density at radius 1 is 1.00 bits per heavy atom. The molecule has 1 saturated heterocycles. The van der Waals surface area contributed by atoms with E-state index >= 15 is 4.39 Å². The van der Waals surface area contributed by atoms with E-state index in [1.165, 1.54) is 18.3 Å². The van der Waals surface area contributed by atoms with Crippen molar-refractivity contribution in [3.63, 3.8) is 0 Å². The van der Waals surface area contributed by atoms with E-state index in [0.29, 0.717) is 49.7 Å². The van der Waals surface area contributed by atoms with Gasteiger partial charge in [-0.2, -0.15) is 5.10 Å². The smallest absolute Gasteiger partial charge is 0.303 e. The number of piperidine rings is 1. The molecule has 0 radical (unpaired) electrons. The standard InChI is InChI=1S/C35H49FN6O6/c1-5-29(43)39-31(35(48)41-17-14-23(15-18-41)19-30(44)45)22(4)25-11-12-27(26(36)20-25)38-34(47)32(24-9-7-21(3)8-10-24)40-33(46)28-13-16-37-42(28)6-2/h11-13,16,20-24,31-32H,5-10,14-15,17-19H2,1-4H3,(H,38,47)(H,39,43)(H,40,46)(H,44,45)/t21?,22-,24?,31+,32-/m0/s1. The number of benzene rings is 1. The van der Waals surface area contributed by atoms with Gasteiger partial charge in [-0.1, -0.05) is 39.7 Å². The number of carboxylic acid groups (broad SMARTS) is 1. The summed E-state index contributed by atoms with van der Waals surface area (Å²) in [4.78, 5) is 65.8.